The Kier molecular flexibility index (Phi) is 4.28. The minimum absolute atomic E-state index is 0.0191. The Morgan fingerprint density at radius 1 is 1.47 bits per heavy atom. The van der Waals surface area contributed by atoms with Crippen molar-refractivity contribution in [1.29, 1.82) is 0 Å². The fourth-order valence-electron chi connectivity index (χ4n) is 1.12. The van der Waals surface area contributed by atoms with Crippen molar-refractivity contribution in [2.24, 2.45) is 0 Å². The molecule has 0 spiro atoms. The number of halogens is 1. The molecule has 94 valence electrons. The molecule has 1 heterocycles. The van der Waals surface area contributed by atoms with Crippen molar-refractivity contribution in [3.63, 3.8) is 0 Å². The number of carboxylic acid groups (broad SMARTS) is 1. The maximum atomic E-state index is 10.8. The van der Waals surface area contributed by atoms with E-state index in [2.05, 4.69) is 10.3 Å². The number of aliphatic hydroxyl groups is 2. The Hall–Kier alpha value is -1.37. The Morgan fingerprint density at radius 2 is 2.06 bits per heavy atom. The van der Waals surface area contributed by atoms with Crippen LogP contribution in [0.4, 0.5) is 5.82 Å². The predicted molar refractivity (Wildman–Crippen MR) is 62.4 cm³/mol. The van der Waals surface area contributed by atoms with Gasteiger partial charge in [-0.25, -0.2) is 9.78 Å². The van der Waals surface area contributed by atoms with Gasteiger partial charge < -0.3 is 20.6 Å². The third-order valence-corrected chi connectivity index (χ3v) is 2.36. The Balaban J connectivity index is 3.02. The van der Waals surface area contributed by atoms with Gasteiger partial charge in [0.2, 0.25) is 0 Å². The highest BCUT2D eigenvalue weighted by atomic mass is 35.5. The third kappa shape index (κ3) is 3.55. The summed E-state index contributed by atoms with van der Waals surface area (Å²) in [6.07, 6.45) is 0. The monoisotopic (exact) mass is 260 g/mol. The van der Waals surface area contributed by atoms with Crippen molar-refractivity contribution >= 4 is 23.4 Å². The minimum Gasteiger partial charge on any atom is -0.478 e. The summed E-state index contributed by atoms with van der Waals surface area (Å²) in [7, 11) is 0. The van der Waals surface area contributed by atoms with E-state index in [-0.39, 0.29) is 29.7 Å². The van der Waals surface area contributed by atoms with Crippen molar-refractivity contribution in [3.8, 4) is 0 Å². The number of nitrogens with one attached hydrogen (secondary N) is 1. The van der Waals surface area contributed by atoms with E-state index in [1.165, 1.54) is 12.1 Å². The average molecular weight is 261 g/mol. The van der Waals surface area contributed by atoms with Gasteiger partial charge in [0.1, 0.15) is 11.0 Å². The number of rotatable bonds is 5. The van der Waals surface area contributed by atoms with Crippen molar-refractivity contribution in [1.82, 2.24) is 4.98 Å². The standard InChI is InChI=1S/C10H13ClN2O4/c1-10(4-14,5-15)13-8-3-6(9(16)17)2-7(11)12-8/h2-3,14-15H,4-5H2,1H3,(H,12,13)(H,16,17). The summed E-state index contributed by atoms with van der Waals surface area (Å²) in [5.41, 5.74) is -1.02. The molecule has 1 aromatic heterocycles. The lowest BCUT2D eigenvalue weighted by Crippen LogP contribution is -2.42. The van der Waals surface area contributed by atoms with Gasteiger partial charge in [0.25, 0.3) is 0 Å². The fraction of sp³-hybridized carbons (Fsp3) is 0.400. The van der Waals surface area contributed by atoms with Crippen LogP contribution in [0.5, 0.6) is 0 Å². The number of aromatic nitrogens is 1. The Morgan fingerprint density at radius 3 is 2.53 bits per heavy atom. The van der Waals surface area contributed by atoms with E-state index in [0.29, 0.717) is 0 Å². The number of aromatic carboxylic acids is 1. The first-order valence-corrected chi connectivity index (χ1v) is 5.19. The SMILES string of the molecule is CC(CO)(CO)Nc1cc(C(=O)O)cc(Cl)n1. The van der Waals surface area contributed by atoms with E-state index in [9.17, 15) is 4.79 Å². The quantitative estimate of drug-likeness (QED) is 0.578. The van der Waals surface area contributed by atoms with Crippen LogP contribution in [0.2, 0.25) is 5.15 Å². The van der Waals surface area contributed by atoms with Crippen LogP contribution in [0.1, 0.15) is 17.3 Å². The van der Waals surface area contributed by atoms with Gasteiger partial charge in [0, 0.05) is 0 Å². The van der Waals surface area contributed by atoms with Crippen LogP contribution < -0.4 is 5.32 Å². The second-order valence-corrected chi connectivity index (χ2v) is 4.26. The summed E-state index contributed by atoms with van der Waals surface area (Å²) in [6, 6.07) is 2.49. The molecule has 0 bridgehead atoms. The zero-order chi connectivity index (χ0) is 13.1. The van der Waals surface area contributed by atoms with Gasteiger partial charge in [0.15, 0.2) is 0 Å². The Bertz CT molecular complexity index is 421. The first-order valence-electron chi connectivity index (χ1n) is 4.81. The predicted octanol–water partition coefficient (Wildman–Crippen LogP) is 0.588. The second kappa shape index (κ2) is 5.31. The number of carboxylic acids is 1. The molecule has 0 radical (unpaired) electrons. The van der Waals surface area contributed by atoms with Gasteiger partial charge in [-0.2, -0.15) is 0 Å². The number of hydrogen-bond acceptors (Lipinski definition) is 5. The van der Waals surface area contributed by atoms with Crippen molar-refractivity contribution in [3.05, 3.63) is 22.8 Å². The molecule has 0 aliphatic rings. The molecule has 0 aliphatic carbocycles. The maximum absolute atomic E-state index is 10.8. The topological polar surface area (TPSA) is 103 Å². The van der Waals surface area contributed by atoms with Crippen LogP contribution in [0.25, 0.3) is 0 Å². The van der Waals surface area contributed by atoms with Crippen LogP contribution >= 0.6 is 11.6 Å². The number of aliphatic hydroxyl groups excluding tert-OH is 2. The molecule has 6 nitrogen and oxygen atoms in total. The lowest BCUT2D eigenvalue weighted by molar-refractivity contribution is 0.0697. The van der Waals surface area contributed by atoms with E-state index in [1.807, 2.05) is 0 Å². The molecule has 17 heavy (non-hydrogen) atoms. The van der Waals surface area contributed by atoms with Crippen molar-refractivity contribution in [2.45, 2.75) is 12.5 Å². The van der Waals surface area contributed by atoms with Crippen LogP contribution in [-0.2, 0) is 0 Å². The lowest BCUT2D eigenvalue weighted by atomic mass is 10.1. The summed E-state index contributed by atoms with van der Waals surface area (Å²) in [5.74, 6) is -0.951. The normalized spacial score (nSPS) is 11.3. The molecule has 1 rings (SSSR count). The molecule has 7 heteroatoms. The third-order valence-electron chi connectivity index (χ3n) is 2.17. The maximum Gasteiger partial charge on any atom is 0.335 e. The summed E-state index contributed by atoms with van der Waals surface area (Å²) in [4.78, 5) is 14.7. The zero-order valence-electron chi connectivity index (χ0n) is 9.14. The van der Waals surface area contributed by atoms with Crippen LogP contribution in [0, 0.1) is 0 Å². The lowest BCUT2D eigenvalue weighted by Gasteiger charge is -2.26. The van der Waals surface area contributed by atoms with Crippen molar-refractivity contribution in [2.75, 3.05) is 18.5 Å². The molecule has 0 atom stereocenters. The van der Waals surface area contributed by atoms with Gasteiger partial charge in [0.05, 0.1) is 24.3 Å². The highest BCUT2D eigenvalue weighted by Crippen LogP contribution is 2.18. The number of pyridine rings is 1. The van der Waals surface area contributed by atoms with Gasteiger partial charge in [-0.1, -0.05) is 11.6 Å². The smallest absolute Gasteiger partial charge is 0.335 e. The first kappa shape index (κ1) is 13.7. The molecule has 0 aliphatic heterocycles. The molecule has 0 fully saturated rings. The molecule has 0 amide bonds. The second-order valence-electron chi connectivity index (χ2n) is 3.87. The summed E-state index contributed by atoms with van der Waals surface area (Å²) in [5, 5.41) is 29.8. The summed E-state index contributed by atoms with van der Waals surface area (Å²) in [6.45, 7) is 0.899. The molecule has 0 saturated heterocycles. The highest BCUT2D eigenvalue weighted by molar-refractivity contribution is 6.29. The van der Waals surface area contributed by atoms with Gasteiger partial charge in [-0.3, -0.25) is 0 Å². The minimum atomic E-state index is -1.13. The molecular formula is C10H13ClN2O4. The fourth-order valence-corrected chi connectivity index (χ4v) is 1.33. The zero-order valence-corrected chi connectivity index (χ0v) is 9.90. The Labute approximate surface area is 103 Å². The number of hydrogen-bond donors (Lipinski definition) is 4. The van der Waals surface area contributed by atoms with Gasteiger partial charge >= 0.3 is 5.97 Å². The largest absolute Gasteiger partial charge is 0.478 e. The number of anilines is 1. The first-order chi connectivity index (χ1) is 7.90. The average Bonchev–Trinajstić information content (AvgIpc) is 2.28. The summed E-state index contributed by atoms with van der Waals surface area (Å²) >= 11 is 5.67. The number of carbonyl (C=O) groups is 1. The van der Waals surface area contributed by atoms with E-state index in [1.54, 1.807) is 6.92 Å². The van der Waals surface area contributed by atoms with Crippen LogP contribution in [0.3, 0.4) is 0 Å². The van der Waals surface area contributed by atoms with Gasteiger partial charge in [-0.15, -0.1) is 0 Å². The molecule has 0 unspecified atom stereocenters. The van der Waals surface area contributed by atoms with E-state index >= 15 is 0 Å². The van der Waals surface area contributed by atoms with Crippen molar-refractivity contribution < 1.29 is 20.1 Å². The summed E-state index contributed by atoms with van der Waals surface area (Å²) < 4.78 is 0. The highest BCUT2D eigenvalue weighted by Gasteiger charge is 2.23. The van der Waals surface area contributed by atoms with Crippen LogP contribution in [0.15, 0.2) is 12.1 Å². The number of nitrogens with zero attached hydrogens (tertiary/aromatic N) is 1. The van der Waals surface area contributed by atoms with Crippen LogP contribution in [-0.4, -0.2) is 45.0 Å². The molecular weight excluding hydrogens is 248 g/mol. The molecule has 0 aromatic carbocycles. The van der Waals surface area contributed by atoms with Gasteiger partial charge in [-0.05, 0) is 19.1 Å². The van der Waals surface area contributed by atoms with E-state index in [0.717, 1.165) is 0 Å². The van der Waals surface area contributed by atoms with E-state index < -0.39 is 11.5 Å². The van der Waals surface area contributed by atoms with E-state index in [4.69, 9.17) is 26.9 Å². The molecule has 0 saturated carbocycles. The molecule has 4 N–H and O–H groups in total. The molecule has 1 aromatic rings.